The van der Waals surface area contributed by atoms with Gasteiger partial charge in [0.25, 0.3) is 0 Å². The first kappa shape index (κ1) is 18.4. The number of guanidine groups is 1. The molecule has 138 valence electrons. The van der Waals surface area contributed by atoms with Crippen molar-refractivity contribution in [1.29, 1.82) is 0 Å². The van der Waals surface area contributed by atoms with Crippen molar-refractivity contribution in [1.82, 2.24) is 15.5 Å². The monoisotopic (exact) mass is 362 g/mol. The van der Waals surface area contributed by atoms with Crippen molar-refractivity contribution in [2.24, 2.45) is 4.99 Å². The van der Waals surface area contributed by atoms with Gasteiger partial charge < -0.3 is 20.3 Å². The number of para-hydroxylation sites is 1. The lowest BCUT2D eigenvalue weighted by Crippen LogP contribution is -2.49. The summed E-state index contributed by atoms with van der Waals surface area (Å²) in [5, 5.41) is 7.04. The third kappa shape index (κ3) is 4.23. The molecule has 0 bridgehead atoms. The zero-order chi connectivity index (χ0) is 17.7. The van der Waals surface area contributed by atoms with E-state index in [1.807, 2.05) is 23.9 Å². The van der Waals surface area contributed by atoms with Gasteiger partial charge in [0.1, 0.15) is 5.75 Å². The number of fused-ring (bicyclic) bond motifs is 1. The fraction of sp³-hybridized carbons (Fsp3) is 0.632. The van der Waals surface area contributed by atoms with Gasteiger partial charge in [0, 0.05) is 29.8 Å². The van der Waals surface area contributed by atoms with E-state index in [9.17, 15) is 0 Å². The van der Waals surface area contributed by atoms with Crippen LogP contribution < -0.4 is 15.4 Å². The van der Waals surface area contributed by atoms with Crippen LogP contribution in [0.5, 0.6) is 5.75 Å². The minimum Gasteiger partial charge on any atom is -0.493 e. The third-order valence-electron chi connectivity index (χ3n) is 5.18. The molecule has 1 aromatic carbocycles. The van der Waals surface area contributed by atoms with Crippen LogP contribution in [0, 0.1) is 0 Å². The van der Waals surface area contributed by atoms with E-state index in [0.29, 0.717) is 0 Å². The summed E-state index contributed by atoms with van der Waals surface area (Å²) in [5.41, 5.74) is 1.40. The highest BCUT2D eigenvalue weighted by molar-refractivity contribution is 7.99. The summed E-state index contributed by atoms with van der Waals surface area (Å²) in [6.07, 6.45) is 2.16. The number of benzene rings is 1. The second-order valence-corrected chi connectivity index (χ2v) is 8.09. The van der Waals surface area contributed by atoms with Gasteiger partial charge >= 0.3 is 0 Å². The van der Waals surface area contributed by atoms with Gasteiger partial charge in [-0.3, -0.25) is 4.99 Å². The van der Waals surface area contributed by atoms with E-state index in [4.69, 9.17) is 9.73 Å². The molecule has 3 rings (SSSR count). The average Bonchev–Trinajstić information content (AvgIpc) is 3.11. The number of thioether (sulfide) groups is 1. The van der Waals surface area contributed by atoms with Crippen LogP contribution in [0.25, 0.3) is 0 Å². The van der Waals surface area contributed by atoms with Crippen molar-refractivity contribution in [3.63, 3.8) is 0 Å². The van der Waals surface area contributed by atoms with E-state index in [0.717, 1.165) is 43.6 Å². The predicted molar refractivity (Wildman–Crippen MR) is 107 cm³/mol. The van der Waals surface area contributed by atoms with Crippen LogP contribution in [0.15, 0.2) is 29.3 Å². The topological polar surface area (TPSA) is 48.9 Å². The SMILES string of the molecule is CCNC(=NCC1(N(C)C)CCSC1)NC1CCOc2ccccc21. The maximum atomic E-state index is 5.77. The second kappa shape index (κ2) is 8.32. The number of nitrogens with zero attached hydrogens (tertiary/aromatic N) is 2. The van der Waals surface area contributed by atoms with E-state index >= 15 is 0 Å². The number of hydrogen-bond donors (Lipinski definition) is 2. The highest BCUT2D eigenvalue weighted by Crippen LogP contribution is 2.33. The van der Waals surface area contributed by atoms with E-state index in [1.165, 1.54) is 17.7 Å². The van der Waals surface area contributed by atoms with Gasteiger partial charge in [-0.2, -0.15) is 11.8 Å². The van der Waals surface area contributed by atoms with Crippen molar-refractivity contribution in [2.75, 3.05) is 45.3 Å². The molecule has 1 saturated heterocycles. The Balaban J connectivity index is 1.73. The molecule has 0 aromatic heterocycles. The minimum absolute atomic E-state index is 0.181. The lowest BCUT2D eigenvalue weighted by atomic mass is 9.98. The molecule has 0 spiro atoms. The van der Waals surface area contributed by atoms with Gasteiger partial charge in [-0.1, -0.05) is 18.2 Å². The van der Waals surface area contributed by atoms with Crippen LogP contribution in [0.2, 0.25) is 0 Å². The zero-order valence-electron chi connectivity index (χ0n) is 15.5. The molecule has 2 heterocycles. The molecule has 0 saturated carbocycles. The van der Waals surface area contributed by atoms with Crippen LogP contribution in [-0.4, -0.2) is 61.7 Å². The zero-order valence-corrected chi connectivity index (χ0v) is 16.4. The maximum Gasteiger partial charge on any atom is 0.191 e. The molecule has 25 heavy (non-hydrogen) atoms. The molecule has 1 aromatic rings. The molecule has 0 amide bonds. The maximum absolute atomic E-state index is 5.77. The van der Waals surface area contributed by atoms with Crippen molar-refractivity contribution in [3.8, 4) is 5.75 Å². The van der Waals surface area contributed by atoms with E-state index in [2.05, 4.69) is 48.7 Å². The fourth-order valence-electron chi connectivity index (χ4n) is 3.42. The normalized spacial score (nSPS) is 26.2. The molecule has 5 nitrogen and oxygen atoms in total. The van der Waals surface area contributed by atoms with Gasteiger partial charge in [-0.15, -0.1) is 0 Å². The molecular formula is C19H30N4OS. The lowest BCUT2D eigenvalue weighted by molar-refractivity contribution is 0.190. The molecule has 2 aliphatic heterocycles. The van der Waals surface area contributed by atoms with Gasteiger partial charge in [0.15, 0.2) is 5.96 Å². The first-order chi connectivity index (χ1) is 12.1. The van der Waals surface area contributed by atoms with Crippen molar-refractivity contribution >= 4 is 17.7 Å². The highest BCUT2D eigenvalue weighted by Gasteiger charge is 2.36. The summed E-state index contributed by atoms with van der Waals surface area (Å²) >= 11 is 2.03. The number of hydrogen-bond acceptors (Lipinski definition) is 4. The molecule has 2 unspecified atom stereocenters. The van der Waals surface area contributed by atoms with Gasteiger partial charge in [-0.25, -0.2) is 0 Å². The van der Waals surface area contributed by atoms with E-state index < -0.39 is 0 Å². The second-order valence-electron chi connectivity index (χ2n) is 6.99. The van der Waals surface area contributed by atoms with Crippen molar-refractivity contribution < 1.29 is 4.74 Å². The van der Waals surface area contributed by atoms with Gasteiger partial charge in [0.05, 0.1) is 19.2 Å². The standard InChI is InChI=1S/C19H30N4OS/c1-4-20-18(21-13-19(23(2)3)10-12-25-14-19)22-16-9-11-24-17-8-6-5-7-15(16)17/h5-8,16H,4,9-14H2,1-3H3,(H2,20,21,22). The minimum atomic E-state index is 0.181. The van der Waals surface area contributed by atoms with Crippen LogP contribution in [0.1, 0.15) is 31.4 Å². The Kier molecular flexibility index (Phi) is 6.12. The Bertz CT molecular complexity index is 599. The summed E-state index contributed by atoms with van der Waals surface area (Å²) in [7, 11) is 4.35. The molecule has 0 aliphatic carbocycles. The van der Waals surface area contributed by atoms with E-state index in [1.54, 1.807) is 0 Å². The quantitative estimate of drug-likeness (QED) is 0.623. The Morgan fingerprint density at radius 2 is 2.24 bits per heavy atom. The number of likely N-dealkylation sites (N-methyl/N-ethyl adjacent to an activating group) is 1. The first-order valence-corrected chi connectivity index (χ1v) is 10.3. The Hall–Kier alpha value is -1.40. The predicted octanol–water partition coefficient (Wildman–Crippen LogP) is 2.50. The fourth-order valence-corrected chi connectivity index (χ4v) is 4.96. The molecule has 2 atom stereocenters. The number of rotatable bonds is 5. The number of aliphatic imine (C=N–C) groups is 1. The smallest absolute Gasteiger partial charge is 0.191 e. The lowest BCUT2D eigenvalue weighted by Gasteiger charge is -2.34. The Morgan fingerprint density at radius 3 is 2.96 bits per heavy atom. The third-order valence-corrected chi connectivity index (χ3v) is 6.41. The van der Waals surface area contributed by atoms with Gasteiger partial charge in [-0.05, 0) is 39.3 Å². The molecule has 1 fully saturated rings. The van der Waals surface area contributed by atoms with Crippen LogP contribution in [0.4, 0.5) is 0 Å². The molecule has 2 aliphatic rings. The van der Waals surface area contributed by atoms with E-state index in [-0.39, 0.29) is 11.6 Å². The molecule has 0 radical (unpaired) electrons. The summed E-state index contributed by atoms with van der Waals surface area (Å²) < 4.78 is 5.77. The summed E-state index contributed by atoms with van der Waals surface area (Å²) in [4.78, 5) is 7.31. The van der Waals surface area contributed by atoms with Crippen LogP contribution in [-0.2, 0) is 0 Å². The Morgan fingerprint density at radius 1 is 1.40 bits per heavy atom. The van der Waals surface area contributed by atoms with Gasteiger partial charge in [0.2, 0.25) is 0 Å². The van der Waals surface area contributed by atoms with Crippen LogP contribution >= 0.6 is 11.8 Å². The summed E-state index contributed by atoms with van der Waals surface area (Å²) in [6, 6.07) is 8.53. The average molecular weight is 363 g/mol. The number of nitrogens with one attached hydrogen (secondary N) is 2. The highest BCUT2D eigenvalue weighted by atomic mass is 32.2. The van der Waals surface area contributed by atoms with Crippen molar-refractivity contribution in [3.05, 3.63) is 29.8 Å². The summed E-state index contributed by atoms with van der Waals surface area (Å²) in [6.45, 7) is 4.54. The molecule has 6 heteroatoms. The molecular weight excluding hydrogens is 332 g/mol. The van der Waals surface area contributed by atoms with Crippen molar-refractivity contribution in [2.45, 2.75) is 31.3 Å². The summed E-state index contributed by atoms with van der Waals surface area (Å²) in [5.74, 6) is 4.27. The first-order valence-electron chi connectivity index (χ1n) is 9.16. The van der Waals surface area contributed by atoms with Crippen LogP contribution in [0.3, 0.4) is 0 Å². The Labute approximate surface area is 155 Å². The number of ether oxygens (including phenoxy) is 1. The molecule has 2 N–H and O–H groups in total. The largest absolute Gasteiger partial charge is 0.493 e.